The fourth-order valence-corrected chi connectivity index (χ4v) is 7.75. The lowest BCUT2D eigenvalue weighted by atomic mass is 9.94. The minimum Gasteiger partial charge on any atom is -0.345 e. The number of benzene rings is 5. The summed E-state index contributed by atoms with van der Waals surface area (Å²) in [7, 11) is 0. The summed E-state index contributed by atoms with van der Waals surface area (Å²) < 4.78 is 4.96. The number of hydrogen-bond donors (Lipinski definition) is 1. The molecule has 0 bridgehead atoms. The van der Waals surface area contributed by atoms with Crippen LogP contribution in [0.3, 0.4) is 0 Å². The number of para-hydroxylation sites is 1. The highest BCUT2D eigenvalue weighted by atomic mass is 32.1. The molecule has 0 saturated carbocycles. The molecule has 0 amide bonds. The second-order valence-corrected chi connectivity index (χ2v) is 11.9. The molecule has 42 heavy (non-hydrogen) atoms. The van der Waals surface area contributed by atoms with Crippen LogP contribution in [-0.2, 0) is 0 Å². The Balaban J connectivity index is 1.27. The molecule has 0 spiro atoms. The van der Waals surface area contributed by atoms with Gasteiger partial charge < -0.3 is 5.32 Å². The summed E-state index contributed by atoms with van der Waals surface area (Å²) in [5.41, 5.74) is 8.03. The Kier molecular flexibility index (Phi) is 5.13. The highest BCUT2D eigenvalue weighted by Gasteiger charge is 2.27. The van der Waals surface area contributed by atoms with Gasteiger partial charge in [-0.05, 0) is 29.3 Å². The third-order valence-electron chi connectivity index (χ3n) is 8.46. The zero-order valence-corrected chi connectivity index (χ0v) is 23.5. The number of aliphatic imine (C=N–C) groups is 1. The van der Waals surface area contributed by atoms with E-state index in [2.05, 4.69) is 149 Å². The zero-order chi connectivity index (χ0) is 27.6. The Morgan fingerprint density at radius 2 is 1.36 bits per heavy atom. The van der Waals surface area contributed by atoms with Crippen LogP contribution < -0.4 is 5.32 Å². The van der Waals surface area contributed by atoms with Gasteiger partial charge in [0.1, 0.15) is 0 Å². The van der Waals surface area contributed by atoms with E-state index in [1.165, 1.54) is 53.2 Å². The molecule has 4 heteroatoms. The zero-order valence-electron chi connectivity index (χ0n) is 22.7. The Morgan fingerprint density at radius 3 is 2.24 bits per heavy atom. The van der Waals surface area contributed by atoms with Crippen LogP contribution in [0.5, 0.6) is 0 Å². The van der Waals surface area contributed by atoms with Crippen LogP contribution in [0.25, 0.3) is 58.8 Å². The van der Waals surface area contributed by atoms with E-state index in [0.29, 0.717) is 0 Å². The van der Waals surface area contributed by atoms with Crippen molar-refractivity contribution in [2.45, 2.75) is 6.04 Å². The highest BCUT2D eigenvalue weighted by molar-refractivity contribution is 7.26. The van der Waals surface area contributed by atoms with Gasteiger partial charge in [0.2, 0.25) is 5.96 Å². The largest absolute Gasteiger partial charge is 0.345 e. The monoisotopic (exact) mass is 555 g/mol. The number of allylic oxidation sites excluding steroid dienone is 2. The number of aromatic nitrogens is 1. The van der Waals surface area contributed by atoms with E-state index in [4.69, 9.17) is 4.99 Å². The minimum absolute atomic E-state index is 0.0376. The quantitative estimate of drug-likeness (QED) is 0.226. The lowest BCUT2D eigenvalue weighted by Gasteiger charge is -2.28. The van der Waals surface area contributed by atoms with Crippen molar-refractivity contribution in [2.75, 3.05) is 0 Å². The second-order valence-electron chi connectivity index (χ2n) is 10.8. The topological polar surface area (TPSA) is 29.3 Å². The number of nitrogens with zero attached hydrogens (tertiary/aromatic N) is 2. The molecular weight excluding hydrogens is 531 g/mol. The molecule has 0 radical (unpaired) electrons. The van der Waals surface area contributed by atoms with Gasteiger partial charge in [0.15, 0.2) is 0 Å². The molecule has 1 atom stereocenters. The van der Waals surface area contributed by atoms with Crippen LogP contribution in [0.15, 0.2) is 150 Å². The van der Waals surface area contributed by atoms with E-state index in [1.54, 1.807) is 0 Å². The van der Waals surface area contributed by atoms with Gasteiger partial charge in [0.25, 0.3) is 0 Å². The summed E-state index contributed by atoms with van der Waals surface area (Å²) in [5.74, 6) is 0.845. The van der Waals surface area contributed by atoms with E-state index >= 15 is 0 Å². The molecule has 2 aliphatic rings. The first-order valence-electron chi connectivity index (χ1n) is 14.3. The van der Waals surface area contributed by atoms with Crippen molar-refractivity contribution in [1.29, 1.82) is 0 Å². The highest BCUT2D eigenvalue weighted by Crippen LogP contribution is 2.42. The summed E-state index contributed by atoms with van der Waals surface area (Å²) in [6.45, 7) is 0. The molecule has 3 heterocycles. The van der Waals surface area contributed by atoms with Crippen molar-refractivity contribution < 1.29 is 0 Å². The third kappa shape index (κ3) is 3.49. The van der Waals surface area contributed by atoms with Gasteiger partial charge in [-0.3, -0.25) is 4.57 Å². The van der Waals surface area contributed by atoms with Gasteiger partial charge in [-0.25, -0.2) is 4.99 Å². The molecule has 1 aliphatic heterocycles. The van der Waals surface area contributed by atoms with Crippen LogP contribution >= 0.6 is 11.3 Å². The maximum Gasteiger partial charge on any atom is 0.209 e. The van der Waals surface area contributed by atoms with Crippen molar-refractivity contribution in [2.24, 2.45) is 4.99 Å². The Morgan fingerprint density at radius 1 is 0.619 bits per heavy atom. The van der Waals surface area contributed by atoms with E-state index < -0.39 is 0 Å². The predicted molar refractivity (Wildman–Crippen MR) is 179 cm³/mol. The van der Waals surface area contributed by atoms with Gasteiger partial charge in [0.05, 0.1) is 22.8 Å². The standard InChI is InChI=1S/C38H25N3S/c1-2-10-24(11-3-1)25-18-20-26(21-19-25)36-29-13-4-7-15-31(29)39-38(40-36)41-32-16-8-5-14-30(32)35-33(41)23-22-28-27-12-6-9-17-34(27)42-37(28)35/h1-23,31H,(H,39,40). The normalized spacial score (nSPS) is 16.4. The van der Waals surface area contributed by atoms with Crippen molar-refractivity contribution in [3.63, 3.8) is 0 Å². The molecule has 1 aliphatic carbocycles. The first-order chi connectivity index (χ1) is 20.8. The van der Waals surface area contributed by atoms with Crippen LogP contribution in [-0.4, -0.2) is 16.6 Å². The molecule has 0 fully saturated rings. The Hall–Kier alpha value is -5.19. The van der Waals surface area contributed by atoms with E-state index in [0.717, 1.165) is 22.7 Å². The lowest BCUT2D eigenvalue weighted by Crippen LogP contribution is -2.42. The summed E-state index contributed by atoms with van der Waals surface area (Å²) >= 11 is 1.88. The van der Waals surface area contributed by atoms with Gasteiger partial charge >= 0.3 is 0 Å². The van der Waals surface area contributed by atoms with E-state index in [1.807, 2.05) is 11.3 Å². The molecule has 3 nitrogen and oxygen atoms in total. The Labute approximate surface area is 247 Å². The van der Waals surface area contributed by atoms with Gasteiger partial charge in [-0.15, -0.1) is 11.3 Å². The number of thiophene rings is 1. The first-order valence-corrected chi connectivity index (χ1v) is 15.1. The maximum atomic E-state index is 5.37. The molecule has 5 aromatic carbocycles. The molecule has 0 saturated heterocycles. The predicted octanol–water partition coefficient (Wildman–Crippen LogP) is 9.54. The van der Waals surface area contributed by atoms with Crippen LogP contribution in [0, 0.1) is 0 Å². The van der Waals surface area contributed by atoms with Crippen molar-refractivity contribution in [3.05, 3.63) is 151 Å². The van der Waals surface area contributed by atoms with Crippen molar-refractivity contribution >= 4 is 65.0 Å². The third-order valence-corrected chi connectivity index (χ3v) is 9.66. The van der Waals surface area contributed by atoms with Gasteiger partial charge in [0, 0.05) is 42.1 Å². The van der Waals surface area contributed by atoms with Crippen LogP contribution in [0.4, 0.5) is 0 Å². The Bertz CT molecular complexity index is 2310. The summed E-state index contributed by atoms with van der Waals surface area (Å²) in [4.78, 5) is 5.37. The molecule has 1 N–H and O–H groups in total. The fraction of sp³-hybridized carbons (Fsp3) is 0.0263. The number of hydrogen-bond acceptors (Lipinski definition) is 3. The van der Waals surface area contributed by atoms with Gasteiger partial charge in [-0.1, -0.05) is 121 Å². The maximum absolute atomic E-state index is 5.37. The molecule has 198 valence electrons. The average molecular weight is 556 g/mol. The second kappa shape index (κ2) is 9.16. The molecule has 7 aromatic rings. The molecule has 2 aromatic heterocycles. The summed E-state index contributed by atoms with van der Waals surface area (Å²) in [6.07, 6.45) is 8.63. The number of rotatable bonds is 2. The summed E-state index contributed by atoms with van der Waals surface area (Å²) in [6, 6.07) is 41.3. The van der Waals surface area contributed by atoms with Crippen molar-refractivity contribution in [1.82, 2.24) is 9.88 Å². The van der Waals surface area contributed by atoms with Gasteiger partial charge in [-0.2, -0.15) is 0 Å². The smallest absolute Gasteiger partial charge is 0.209 e. The SMILES string of the molecule is C1=CC2=C(c3ccc(-c4ccccc4)cc3)N=C(n3c4ccccc4c4c5sc6ccccc6c5ccc43)NC2C=C1. The average Bonchev–Trinajstić information content (AvgIpc) is 3.60. The molecule has 9 rings (SSSR count). The molecular formula is C38H25N3S. The van der Waals surface area contributed by atoms with Crippen LogP contribution in [0.1, 0.15) is 5.56 Å². The van der Waals surface area contributed by atoms with Crippen LogP contribution in [0.2, 0.25) is 0 Å². The first kappa shape index (κ1) is 23.5. The lowest BCUT2D eigenvalue weighted by molar-refractivity contribution is 0.805. The van der Waals surface area contributed by atoms with Crippen molar-refractivity contribution in [3.8, 4) is 11.1 Å². The summed E-state index contributed by atoms with van der Waals surface area (Å²) in [5, 5.41) is 8.94. The molecule has 1 unspecified atom stereocenters. The number of fused-ring (bicyclic) bond motifs is 8. The minimum atomic E-state index is 0.0376. The fourth-order valence-electron chi connectivity index (χ4n) is 6.50. The van der Waals surface area contributed by atoms with E-state index in [9.17, 15) is 0 Å². The number of nitrogens with one attached hydrogen (secondary N) is 1. The van der Waals surface area contributed by atoms with E-state index in [-0.39, 0.29) is 6.04 Å².